The third kappa shape index (κ3) is 3.37. The van der Waals surface area contributed by atoms with E-state index in [4.69, 9.17) is 22.4 Å². The summed E-state index contributed by atoms with van der Waals surface area (Å²) in [6, 6.07) is 4.03. The first-order chi connectivity index (χ1) is 8.32. The highest BCUT2D eigenvalue weighted by Crippen LogP contribution is 2.19. The second-order valence-electron chi connectivity index (χ2n) is 4.13. The average Bonchev–Trinajstić information content (AvgIpc) is 2.31. The first-order valence-corrected chi connectivity index (χ1v) is 5.79. The zero-order valence-corrected chi connectivity index (χ0v) is 10.9. The number of benzene rings is 1. The Balaban J connectivity index is 2.76. The van der Waals surface area contributed by atoms with Crippen molar-refractivity contribution in [1.29, 1.82) is 0 Å². The van der Waals surface area contributed by atoms with Crippen molar-refractivity contribution in [2.75, 3.05) is 5.73 Å². The zero-order valence-electron chi connectivity index (χ0n) is 10.1. The van der Waals surface area contributed by atoms with E-state index in [0.717, 1.165) is 0 Å². The lowest BCUT2D eigenvalue weighted by Gasteiger charge is -2.17. The number of anilines is 1. The van der Waals surface area contributed by atoms with Crippen LogP contribution >= 0.6 is 11.6 Å². The highest BCUT2D eigenvalue weighted by atomic mass is 35.5. The number of hydrogen-bond acceptors (Lipinski definition) is 3. The van der Waals surface area contributed by atoms with Crippen LogP contribution in [0.15, 0.2) is 18.2 Å². The van der Waals surface area contributed by atoms with Crippen LogP contribution in [0.4, 0.5) is 5.69 Å². The summed E-state index contributed by atoms with van der Waals surface area (Å²) in [5.74, 6) is -2.00. The molecule has 1 rings (SSSR count). The van der Waals surface area contributed by atoms with Gasteiger partial charge in [-0.25, -0.2) is 0 Å². The van der Waals surface area contributed by atoms with E-state index in [2.05, 4.69) is 5.32 Å². The SMILES string of the molecule is CC(NC(=O)c1ccc(Cl)c(N)c1)C(C)C(=O)O. The number of nitrogens with one attached hydrogen (secondary N) is 1. The van der Waals surface area contributed by atoms with Gasteiger partial charge in [-0.2, -0.15) is 0 Å². The van der Waals surface area contributed by atoms with Gasteiger partial charge >= 0.3 is 5.97 Å². The molecule has 1 amide bonds. The number of amides is 1. The molecule has 0 saturated carbocycles. The van der Waals surface area contributed by atoms with Crippen LogP contribution in [0, 0.1) is 5.92 Å². The van der Waals surface area contributed by atoms with E-state index in [1.807, 2.05) is 0 Å². The predicted octanol–water partition coefficient (Wildman–Crippen LogP) is 1.76. The molecule has 0 aromatic heterocycles. The van der Waals surface area contributed by atoms with Crippen molar-refractivity contribution >= 4 is 29.2 Å². The van der Waals surface area contributed by atoms with E-state index < -0.39 is 17.9 Å². The van der Waals surface area contributed by atoms with E-state index in [1.54, 1.807) is 6.92 Å². The molecule has 18 heavy (non-hydrogen) atoms. The highest BCUT2D eigenvalue weighted by molar-refractivity contribution is 6.33. The maximum atomic E-state index is 11.8. The molecule has 6 heteroatoms. The first kappa shape index (κ1) is 14.3. The summed E-state index contributed by atoms with van der Waals surface area (Å²) in [5, 5.41) is 11.8. The van der Waals surface area contributed by atoms with Crippen molar-refractivity contribution < 1.29 is 14.7 Å². The summed E-state index contributed by atoms with van der Waals surface area (Å²) >= 11 is 5.75. The van der Waals surface area contributed by atoms with Gasteiger partial charge in [-0.15, -0.1) is 0 Å². The standard InChI is InChI=1S/C12H15ClN2O3/c1-6(12(17)18)7(2)15-11(16)8-3-4-9(13)10(14)5-8/h3-7H,14H2,1-2H3,(H,15,16)(H,17,18). The second kappa shape index (κ2) is 5.73. The monoisotopic (exact) mass is 270 g/mol. The molecule has 0 aliphatic heterocycles. The molecule has 1 aromatic rings. The van der Waals surface area contributed by atoms with Crippen molar-refractivity contribution in [1.82, 2.24) is 5.32 Å². The van der Waals surface area contributed by atoms with Crippen LogP contribution in [0.1, 0.15) is 24.2 Å². The Morgan fingerprint density at radius 2 is 2.00 bits per heavy atom. The molecule has 0 bridgehead atoms. The van der Waals surface area contributed by atoms with Crippen LogP contribution in [0.5, 0.6) is 0 Å². The number of nitrogens with two attached hydrogens (primary N) is 1. The van der Waals surface area contributed by atoms with Gasteiger partial charge in [-0.05, 0) is 32.0 Å². The summed E-state index contributed by atoms with van der Waals surface area (Å²) in [6.45, 7) is 3.17. The van der Waals surface area contributed by atoms with Crippen molar-refractivity contribution in [3.05, 3.63) is 28.8 Å². The van der Waals surface area contributed by atoms with E-state index in [1.165, 1.54) is 25.1 Å². The van der Waals surface area contributed by atoms with Gasteiger partial charge < -0.3 is 16.2 Å². The van der Waals surface area contributed by atoms with Gasteiger partial charge in [0.25, 0.3) is 5.91 Å². The van der Waals surface area contributed by atoms with Gasteiger partial charge in [0.1, 0.15) is 0 Å². The lowest BCUT2D eigenvalue weighted by atomic mass is 10.0. The van der Waals surface area contributed by atoms with Gasteiger partial charge in [0.15, 0.2) is 0 Å². The maximum Gasteiger partial charge on any atom is 0.308 e. The topological polar surface area (TPSA) is 92.4 Å². The van der Waals surface area contributed by atoms with Crippen molar-refractivity contribution in [3.63, 3.8) is 0 Å². The fraction of sp³-hybridized carbons (Fsp3) is 0.333. The molecule has 0 spiro atoms. The second-order valence-corrected chi connectivity index (χ2v) is 4.53. The number of carbonyl (C=O) groups excluding carboxylic acids is 1. The van der Waals surface area contributed by atoms with Gasteiger partial charge in [0.2, 0.25) is 0 Å². The van der Waals surface area contributed by atoms with Crippen molar-refractivity contribution in [2.24, 2.45) is 5.92 Å². The molecule has 0 saturated heterocycles. The molecule has 0 fully saturated rings. The minimum Gasteiger partial charge on any atom is -0.481 e. The molecule has 0 radical (unpaired) electrons. The molecule has 2 unspecified atom stereocenters. The average molecular weight is 271 g/mol. The molecular formula is C12H15ClN2O3. The van der Waals surface area contributed by atoms with Crippen molar-refractivity contribution in [2.45, 2.75) is 19.9 Å². The minimum atomic E-state index is -0.960. The summed E-state index contributed by atoms with van der Waals surface area (Å²) in [4.78, 5) is 22.6. The minimum absolute atomic E-state index is 0.309. The van der Waals surface area contributed by atoms with Gasteiger partial charge in [-0.1, -0.05) is 11.6 Å². The highest BCUT2D eigenvalue weighted by Gasteiger charge is 2.21. The summed E-state index contributed by atoms with van der Waals surface area (Å²) in [5.41, 5.74) is 6.25. The summed E-state index contributed by atoms with van der Waals surface area (Å²) in [7, 11) is 0. The Morgan fingerprint density at radius 3 is 2.50 bits per heavy atom. The van der Waals surface area contributed by atoms with E-state index in [-0.39, 0.29) is 5.91 Å². The molecule has 0 aliphatic rings. The lowest BCUT2D eigenvalue weighted by Crippen LogP contribution is -2.40. The maximum absolute atomic E-state index is 11.8. The van der Waals surface area contributed by atoms with E-state index >= 15 is 0 Å². The largest absolute Gasteiger partial charge is 0.481 e. The number of halogens is 1. The van der Waals surface area contributed by atoms with Crippen LogP contribution in [0.25, 0.3) is 0 Å². The first-order valence-electron chi connectivity index (χ1n) is 5.41. The number of nitrogen functional groups attached to an aromatic ring is 1. The van der Waals surface area contributed by atoms with Crippen LogP contribution in [0.3, 0.4) is 0 Å². The number of hydrogen-bond donors (Lipinski definition) is 3. The molecule has 1 aromatic carbocycles. The van der Waals surface area contributed by atoms with E-state index in [0.29, 0.717) is 16.3 Å². The number of aliphatic carboxylic acids is 1. The Bertz CT molecular complexity index is 476. The zero-order chi connectivity index (χ0) is 13.9. The van der Waals surface area contributed by atoms with Crippen LogP contribution in [0.2, 0.25) is 5.02 Å². The Hall–Kier alpha value is -1.75. The molecule has 0 aliphatic carbocycles. The normalized spacial score (nSPS) is 13.7. The Morgan fingerprint density at radius 1 is 1.39 bits per heavy atom. The molecule has 0 heterocycles. The number of carboxylic acid groups (broad SMARTS) is 1. The third-order valence-corrected chi connectivity index (χ3v) is 3.10. The van der Waals surface area contributed by atoms with Gasteiger partial charge in [0, 0.05) is 11.6 Å². The molecule has 4 N–H and O–H groups in total. The van der Waals surface area contributed by atoms with Crippen LogP contribution in [-0.4, -0.2) is 23.0 Å². The lowest BCUT2D eigenvalue weighted by molar-refractivity contribution is -0.141. The predicted molar refractivity (Wildman–Crippen MR) is 69.6 cm³/mol. The summed E-state index contributed by atoms with van der Waals surface area (Å²) in [6.07, 6.45) is 0. The smallest absolute Gasteiger partial charge is 0.308 e. The number of carboxylic acids is 1. The third-order valence-electron chi connectivity index (χ3n) is 2.76. The van der Waals surface area contributed by atoms with Gasteiger partial charge in [-0.3, -0.25) is 9.59 Å². The van der Waals surface area contributed by atoms with Crippen LogP contribution < -0.4 is 11.1 Å². The number of rotatable bonds is 4. The van der Waals surface area contributed by atoms with Crippen LogP contribution in [-0.2, 0) is 4.79 Å². The fourth-order valence-electron chi connectivity index (χ4n) is 1.31. The van der Waals surface area contributed by atoms with Crippen molar-refractivity contribution in [3.8, 4) is 0 Å². The Kier molecular flexibility index (Phi) is 4.55. The van der Waals surface area contributed by atoms with E-state index in [9.17, 15) is 9.59 Å². The molecule has 98 valence electrons. The van der Waals surface area contributed by atoms with Gasteiger partial charge in [0.05, 0.1) is 16.6 Å². The quantitative estimate of drug-likeness (QED) is 0.727. The molecule has 2 atom stereocenters. The fourth-order valence-corrected chi connectivity index (χ4v) is 1.43. The molecular weight excluding hydrogens is 256 g/mol. The number of carbonyl (C=O) groups is 2. The molecule has 5 nitrogen and oxygen atoms in total. The Labute approximate surface area is 110 Å². The summed E-state index contributed by atoms with van der Waals surface area (Å²) < 4.78 is 0.